The molecule has 2 aromatic heterocycles. The fourth-order valence-electron chi connectivity index (χ4n) is 2.00. The average molecular weight is 309 g/mol. The van der Waals surface area contributed by atoms with Crippen LogP contribution in [0.3, 0.4) is 0 Å². The summed E-state index contributed by atoms with van der Waals surface area (Å²) in [6, 6.07) is 1.55. The zero-order chi connectivity index (χ0) is 15.2. The first-order chi connectivity index (χ1) is 10.1. The molecule has 0 atom stereocenters. The maximum atomic E-state index is 12.0. The van der Waals surface area contributed by atoms with Crippen LogP contribution in [0, 0.1) is 6.92 Å². The number of nitrogens with one attached hydrogen (secondary N) is 1. The van der Waals surface area contributed by atoms with Gasteiger partial charge in [-0.05, 0) is 26.8 Å². The van der Waals surface area contributed by atoms with Crippen molar-refractivity contribution >= 4 is 22.3 Å². The van der Waals surface area contributed by atoms with E-state index in [9.17, 15) is 9.59 Å². The molecule has 1 N–H and O–H groups in total. The summed E-state index contributed by atoms with van der Waals surface area (Å²) < 4.78 is 6.46. The molecule has 2 rings (SSSR count). The highest BCUT2D eigenvalue weighted by molar-refractivity contribution is 7.15. The first kappa shape index (κ1) is 15.7. The third kappa shape index (κ3) is 4.12. The van der Waals surface area contributed by atoms with Gasteiger partial charge in [0.05, 0.1) is 12.3 Å². The molecule has 0 saturated carbocycles. The van der Waals surface area contributed by atoms with Crippen molar-refractivity contribution in [3.05, 3.63) is 33.2 Å². The van der Waals surface area contributed by atoms with Crippen LogP contribution in [0.4, 0.5) is 0 Å². The Morgan fingerprint density at radius 2 is 2.33 bits per heavy atom. The maximum absolute atomic E-state index is 12.0. The van der Waals surface area contributed by atoms with Crippen LogP contribution in [-0.4, -0.2) is 28.5 Å². The smallest absolute Gasteiger partial charge is 0.305 e. The Morgan fingerprint density at radius 1 is 1.52 bits per heavy atom. The predicted octanol–water partition coefficient (Wildman–Crippen LogP) is 1.50. The number of fused-ring (bicyclic) bond motifs is 1. The first-order valence-electron chi connectivity index (χ1n) is 6.95. The van der Waals surface area contributed by atoms with Gasteiger partial charge >= 0.3 is 5.97 Å². The van der Waals surface area contributed by atoms with Gasteiger partial charge in [-0.15, -0.1) is 11.3 Å². The van der Waals surface area contributed by atoms with Crippen LogP contribution in [0.1, 0.15) is 31.2 Å². The minimum absolute atomic E-state index is 0.0536. The van der Waals surface area contributed by atoms with Gasteiger partial charge in [0.15, 0.2) is 4.96 Å². The number of hydrogen-bond donors (Lipinski definition) is 1. The van der Waals surface area contributed by atoms with Gasteiger partial charge in [-0.3, -0.25) is 14.0 Å². The summed E-state index contributed by atoms with van der Waals surface area (Å²) in [6.07, 6.45) is 1.11. The molecule has 0 aliphatic carbocycles. The van der Waals surface area contributed by atoms with Crippen molar-refractivity contribution in [2.45, 2.75) is 33.2 Å². The van der Waals surface area contributed by atoms with Gasteiger partial charge in [0, 0.05) is 30.1 Å². The third-order valence-corrected chi connectivity index (χ3v) is 3.92. The second-order valence-corrected chi connectivity index (χ2v) is 5.50. The monoisotopic (exact) mass is 309 g/mol. The summed E-state index contributed by atoms with van der Waals surface area (Å²) in [5.74, 6) is -0.175. The van der Waals surface area contributed by atoms with Gasteiger partial charge in [-0.2, -0.15) is 0 Å². The van der Waals surface area contributed by atoms with E-state index < -0.39 is 0 Å². The van der Waals surface area contributed by atoms with E-state index >= 15 is 0 Å². The number of aryl methyl sites for hydroxylation is 1. The largest absolute Gasteiger partial charge is 0.466 e. The van der Waals surface area contributed by atoms with E-state index in [1.165, 1.54) is 11.3 Å². The Balaban J connectivity index is 1.84. The molecule has 7 heteroatoms. The van der Waals surface area contributed by atoms with Crippen molar-refractivity contribution in [2.75, 3.05) is 13.2 Å². The molecule has 0 aromatic carbocycles. The molecule has 0 aliphatic rings. The van der Waals surface area contributed by atoms with Crippen LogP contribution < -0.4 is 10.9 Å². The lowest BCUT2D eigenvalue weighted by atomic mass is 10.3. The number of aromatic nitrogens is 2. The summed E-state index contributed by atoms with van der Waals surface area (Å²) in [5, 5.41) is 5.10. The van der Waals surface area contributed by atoms with E-state index in [2.05, 4.69) is 10.3 Å². The summed E-state index contributed by atoms with van der Waals surface area (Å²) in [7, 11) is 0. The van der Waals surface area contributed by atoms with Crippen molar-refractivity contribution in [3.8, 4) is 0 Å². The zero-order valence-corrected chi connectivity index (χ0v) is 13.0. The molecule has 0 fully saturated rings. The first-order valence-corrected chi connectivity index (χ1v) is 7.83. The summed E-state index contributed by atoms with van der Waals surface area (Å²) in [4.78, 5) is 28.3. The van der Waals surface area contributed by atoms with Crippen LogP contribution in [0.2, 0.25) is 0 Å². The van der Waals surface area contributed by atoms with Crippen LogP contribution >= 0.6 is 11.3 Å². The molecule has 0 bridgehead atoms. The molecule has 2 aromatic rings. The standard InChI is InChI=1S/C14H19N3O3S/c1-3-20-13(19)5-4-6-15-8-11-7-12(18)17-10(2)9-21-14(17)16-11/h7,9,15H,3-6,8H2,1-2H3. The second-order valence-electron chi connectivity index (χ2n) is 4.67. The van der Waals surface area contributed by atoms with Crippen molar-refractivity contribution in [1.29, 1.82) is 0 Å². The third-order valence-electron chi connectivity index (χ3n) is 2.97. The zero-order valence-electron chi connectivity index (χ0n) is 12.2. The minimum Gasteiger partial charge on any atom is -0.466 e. The lowest BCUT2D eigenvalue weighted by Gasteiger charge is -2.05. The predicted molar refractivity (Wildman–Crippen MR) is 81.6 cm³/mol. The second kappa shape index (κ2) is 7.33. The van der Waals surface area contributed by atoms with E-state index in [0.717, 1.165) is 11.4 Å². The van der Waals surface area contributed by atoms with E-state index in [4.69, 9.17) is 4.74 Å². The van der Waals surface area contributed by atoms with Gasteiger partial charge < -0.3 is 10.1 Å². The van der Waals surface area contributed by atoms with Crippen LogP contribution in [0.25, 0.3) is 4.96 Å². The highest BCUT2D eigenvalue weighted by atomic mass is 32.1. The van der Waals surface area contributed by atoms with Crippen LogP contribution in [-0.2, 0) is 16.1 Å². The molecule has 0 saturated heterocycles. The highest BCUT2D eigenvalue weighted by Gasteiger charge is 2.06. The van der Waals surface area contributed by atoms with E-state index in [1.807, 2.05) is 12.3 Å². The molecule has 6 nitrogen and oxygen atoms in total. The minimum atomic E-state index is -0.175. The summed E-state index contributed by atoms with van der Waals surface area (Å²) in [5.41, 5.74) is 1.57. The molecule has 0 radical (unpaired) electrons. The Bertz CT molecular complexity index is 678. The molecule has 0 unspecified atom stereocenters. The Morgan fingerprint density at radius 3 is 3.10 bits per heavy atom. The molecule has 0 aliphatic heterocycles. The fraction of sp³-hybridized carbons (Fsp3) is 0.500. The number of carbonyl (C=O) groups excluding carboxylic acids is 1. The van der Waals surface area contributed by atoms with E-state index in [0.29, 0.717) is 37.5 Å². The number of thiazole rings is 1. The molecule has 2 heterocycles. The average Bonchev–Trinajstić information content (AvgIpc) is 2.81. The highest BCUT2D eigenvalue weighted by Crippen LogP contribution is 2.11. The van der Waals surface area contributed by atoms with Crippen LogP contribution in [0.5, 0.6) is 0 Å². The molecule has 21 heavy (non-hydrogen) atoms. The fourth-order valence-corrected chi connectivity index (χ4v) is 2.89. The number of carbonyl (C=O) groups is 1. The Kier molecular flexibility index (Phi) is 5.46. The SMILES string of the molecule is CCOC(=O)CCCNCc1cc(=O)n2c(C)csc2n1. The van der Waals surface area contributed by atoms with Gasteiger partial charge in [0.1, 0.15) is 0 Å². The van der Waals surface area contributed by atoms with Gasteiger partial charge in [0.2, 0.25) is 0 Å². The molecule has 0 spiro atoms. The van der Waals surface area contributed by atoms with E-state index in [1.54, 1.807) is 17.4 Å². The molecular formula is C14H19N3O3S. The van der Waals surface area contributed by atoms with Crippen molar-refractivity contribution < 1.29 is 9.53 Å². The normalized spacial score (nSPS) is 11.0. The van der Waals surface area contributed by atoms with Gasteiger partial charge in [-0.1, -0.05) is 0 Å². The Labute approximate surface area is 126 Å². The van der Waals surface area contributed by atoms with Crippen molar-refractivity contribution in [1.82, 2.24) is 14.7 Å². The number of rotatable bonds is 7. The molecule has 0 amide bonds. The lowest BCUT2D eigenvalue weighted by Crippen LogP contribution is -2.21. The number of ether oxygens (including phenoxy) is 1. The van der Waals surface area contributed by atoms with Crippen molar-refractivity contribution in [3.63, 3.8) is 0 Å². The van der Waals surface area contributed by atoms with E-state index in [-0.39, 0.29) is 11.5 Å². The van der Waals surface area contributed by atoms with Crippen LogP contribution in [0.15, 0.2) is 16.2 Å². The lowest BCUT2D eigenvalue weighted by molar-refractivity contribution is -0.143. The molecule has 114 valence electrons. The maximum Gasteiger partial charge on any atom is 0.305 e. The van der Waals surface area contributed by atoms with Gasteiger partial charge in [0.25, 0.3) is 5.56 Å². The number of hydrogen-bond acceptors (Lipinski definition) is 6. The quantitative estimate of drug-likeness (QED) is 0.620. The Hall–Kier alpha value is -1.73. The topological polar surface area (TPSA) is 72.7 Å². The molecular weight excluding hydrogens is 290 g/mol. The summed E-state index contributed by atoms with van der Waals surface area (Å²) >= 11 is 1.46. The summed E-state index contributed by atoms with van der Waals surface area (Å²) in [6.45, 7) is 5.30. The number of nitrogens with zero attached hydrogens (tertiary/aromatic N) is 2. The van der Waals surface area contributed by atoms with Crippen molar-refractivity contribution in [2.24, 2.45) is 0 Å². The van der Waals surface area contributed by atoms with Gasteiger partial charge in [-0.25, -0.2) is 4.98 Å². The number of esters is 1.